The zero-order chi connectivity index (χ0) is 10.7. The third kappa shape index (κ3) is 2.72. The second-order valence-corrected chi connectivity index (χ2v) is 5.11. The molecule has 1 rings (SSSR count). The highest BCUT2D eigenvalue weighted by Gasteiger charge is 2.24. The van der Waals surface area contributed by atoms with Crippen LogP contribution in [0.4, 0.5) is 0 Å². The lowest BCUT2D eigenvalue weighted by atomic mass is 10.1. The fourth-order valence-corrected chi connectivity index (χ4v) is 2.33. The van der Waals surface area contributed by atoms with Gasteiger partial charge in [-0.25, -0.2) is 0 Å². The summed E-state index contributed by atoms with van der Waals surface area (Å²) >= 11 is 12.5. The molecule has 1 aromatic rings. The summed E-state index contributed by atoms with van der Waals surface area (Å²) < 4.78 is 0. The van der Waals surface area contributed by atoms with Gasteiger partial charge in [-0.2, -0.15) is 0 Å². The van der Waals surface area contributed by atoms with Crippen LogP contribution in [-0.4, -0.2) is 10.7 Å². The van der Waals surface area contributed by atoms with Gasteiger partial charge < -0.3 is 5.73 Å². The van der Waals surface area contributed by atoms with Crippen molar-refractivity contribution in [3.8, 4) is 0 Å². The van der Waals surface area contributed by atoms with Gasteiger partial charge in [0.2, 0.25) is 5.91 Å². The number of halogens is 3. The van der Waals surface area contributed by atoms with Gasteiger partial charge in [0.1, 0.15) is 4.83 Å². The Labute approximate surface area is 104 Å². The second-order valence-electron chi connectivity index (χ2n) is 2.73. The molecule has 2 nitrogen and oxygen atoms in total. The lowest BCUT2D eigenvalue weighted by Gasteiger charge is -2.15. The molecule has 0 radical (unpaired) electrons. The van der Waals surface area contributed by atoms with E-state index in [0.717, 1.165) is 5.56 Å². The van der Waals surface area contributed by atoms with Crippen molar-refractivity contribution in [3.63, 3.8) is 0 Å². The second kappa shape index (κ2) is 5.14. The molecule has 1 amide bonds. The summed E-state index contributed by atoms with van der Waals surface area (Å²) in [5.74, 6) is -0.424. The molecule has 14 heavy (non-hydrogen) atoms. The van der Waals surface area contributed by atoms with Gasteiger partial charge in [-0.15, -0.1) is 0 Å². The van der Waals surface area contributed by atoms with E-state index in [-0.39, 0.29) is 4.83 Å². The first kappa shape index (κ1) is 12.0. The molecule has 2 unspecified atom stereocenters. The number of amides is 1. The number of primary amides is 1. The predicted octanol–water partition coefficient (Wildman–Crippen LogP) is 3.02. The van der Waals surface area contributed by atoms with E-state index < -0.39 is 10.7 Å². The van der Waals surface area contributed by atoms with E-state index in [9.17, 15) is 4.79 Å². The lowest BCUT2D eigenvalue weighted by Crippen LogP contribution is -2.26. The molecule has 2 atom stereocenters. The van der Waals surface area contributed by atoms with Crippen molar-refractivity contribution in [3.05, 3.63) is 34.9 Å². The van der Waals surface area contributed by atoms with Crippen molar-refractivity contribution >= 4 is 49.4 Å². The number of rotatable bonds is 3. The Balaban J connectivity index is 2.94. The maximum atomic E-state index is 10.9. The van der Waals surface area contributed by atoms with Crippen LogP contribution in [0.5, 0.6) is 0 Å². The van der Waals surface area contributed by atoms with E-state index in [2.05, 4.69) is 31.9 Å². The largest absolute Gasteiger partial charge is 0.369 e. The Hall–Kier alpha value is -0.0600. The van der Waals surface area contributed by atoms with Crippen LogP contribution in [0.25, 0.3) is 0 Å². The normalized spacial score (nSPS) is 14.8. The Morgan fingerprint density at radius 2 is 1.93 bits per heavy atom. The molecule has 0 aliphatic heterocycles. The van der Waals surface area contributed by atoms with Crippen LogP contribution in [0, 0.1) is 0 Å². The first-order valence-corrected chi connectivity index (χ1v) is 6.07. The fraction of sp³-hybridized carbons (Fsp3) is 0.222. The molecular formula is C9H8Br2ClNO. The van der Waals surface area contributed by atoms with Gasteiger partial charge in [-0.3, -0.25) is 4.79 Å². The highest BCUT2D eigenvalue weighted by Crippen LogP contribution is 2.35. The summed E-state index contributed by atoms with van der Waals surface area (Å²) in [6, 6.07) is 7.31. The summed E-state index contributed by atoms with van der Waals surface area (Å²) in [4.78, 5) is 10.2. The molecule has 0 saturated carbocycles. The van der Waals surface area contributed by atoms with Gasteiger partial charge in [-0.05, 0) is 11.6 Å². The molecular weight excluding hydrogens is 333 g/mol. The highest BCUT2D eigenvalue weighted by atomic mass is 79.9. The minimum absolute atomic E-state index is 0.214. The maximum absolute atomic E-state index is 10.9. The zero-order valence-electron chi connectivity index (χ0n) is 7.08. The molecule has 0 spiro atoms. The smallest absolute Gasteiger partial charge is 0.232 e. The monoisotopic (exact) mass is 339 g/mol. The van der Waals surface area contributed by atoms with E-state index >= 15 is 0 Å². The molecule has 0 fully saturated rings. The minimum Gasteiger partial charge on any atom is -0.369 e. The number of carbonyl (C=O) groups is 1. The Morgan fingerprint density at radius 1 is 1.36 bits per heavy atom. The number of hydrogen-bond donors (Lipinski definition) is 1. The van der Waals surface area contributed by atoms with Crippen LogP contribution in [0.2, 0.25) is 5.02 Å². The molecule has 0 aliphatic carbocycles. The first-order valence-electron chi connectivity index (χ1n) is 3.86. The van der Waals surface area contributed by atoms with Crippen LogP contribution in [0.3, 0.4) is 0 Å². The van der Waals surface area contributed by atoms with Crippen LogP contribution in [-0.2, 0) is 4.79 Å². The van der Waals surface area contributed by atoms with Crippen molar-refractivity contribution in [2.24, 2.45) is 5.73 Å². The van der Waals surface area contributed by atoms with Crippen molar-refractivity contribution in [2.45, 2.75) is 9.65 Å². The molecule has 76 valence electrons. The first-order chi connectivity index (χ1) is 6.54. The van der Waals surface area contributed by atoms with Crippen molar-refractivity contribution in [1.29, 1.82) is 0 Å². The predicted molar refractivity (Wildman–Crippen MR) is 65.0 cm³/mol. The minimum atomic E-state index is -0.470. The highest BCUT2D eigenvalue weighted by molar-refractivity contribution is 9.12. The molecule has 0 aliphatic rings. The summed E-state index contributed by atoms with van der Waals surface area (Å²) in [5, 5.41) is 0.611. The summed E-state index contributed by atoms with van der Waals surface area (Å²) in [7, 11) is 0. The van der Waals surface area contributed by atoms with Gasteiger partial charge in [0.05, 0.1) is 4.83 Å². The molecule has 1 aromatic carbocycles. The zero-order valence-corrected chi connectivity index (χ0v) is 11.0. The molecule has 0 bridgehead atoms. The third-order valence-corrected chi connectivity index (χ3v) is 4.79. The third-order valence-electron chi connectivity index (χ3n) is 1.73. The molecule has 0 heterocycles. The van der Waals surface area contributed by atoms with Gasteiger partial charge in [0, 0.05) is 5.02 Å². The van der Waals surface area contributed by atoms with Crippen molar-refractivity contribution < 1.29 is 4.79 Å². The molecule has 0 aromatic heterocycles. The Kier molecular flexibility index (Phi) is 4.41. The van der Waals surface area contributed by atoms with Gasteiger partial charge in [0.15, 0.2) is 0 Å². The maximum Gasteiger partial charge on any atom is 0.232 e. The van der Waals surface area contributed by atoms with Crippen LogP contribution in [0.15, 0.2) is 24.3 Å². The molecule has 2 N–H and O–H groups in total. The average molecular weight is 341 g/mol. The average Bonchev–Trinajstić information content (AvgIpc) is 2.16. The quantitative estimate of drug-likeness (QED) is 0.844. The number of benzene rings is 1. The van der Waals surface area contributed by atoms with E-state index in [1.807, 2.05) is 18.2 Å². The van der Waals surface area contributed by atoms with E-state index in [1.54, 1.807) is 6.07 Å². The van der Waals surface area contributed by atoms with Crippen molar-refractivity contribution in [2.75, 3.05) is 0 Å². The van der Waals surface area contributed by atoms with Gasteiger partial charge >= 0.3 is 0 Å². The fourth-order valence-electron chi connectivity index (χ4n) is 1.00. The number of hydrogen-bond acceptors (Lipinski definition) is 1. The summed E-state index contributed by atoms with van der Waals surface area (Å²) in [5.41, 5.74) is 6.01. The Bertz CT molecular complexity index is 345. The van der Waals surface area contributed by atoms with Crippen molar-refractivity contribution in [1.82, 2.24) is 0 Å². The van der Waals surface area contributed by atoms with E-state index in [4.69, 9.17) is 17.3 Å². The van der Waals surface area contributed by atoms with Gasteiger partial charge in [-0.1, -0.05) is 61.7 Å². The molecule has 0 saturated heterocycles. The molecule has 5 heteroatoms. The number of alkyl halides is 2. The Morgan fingerprint density at radius 3 is 2.43 bits per heavy atom. The standard InChI is InChI=1S/C9H8Br2ClNO/c10-7(8(11)9(13)14)5-3-1-2-4-6(5)12/h1-4,7-8H,(H2,13,14). The topological polar surface area (TPSA) is 43.1 Å². The van der Waals surface area contributed by atoms with E-state index in [0.29, 0.717) is 5.02 Å². The van der Waals surface area contributed by atoms with Crippen LogP contribution in [0.1, 0.15) is 10.4 Å². The van der Waals surface area contributed by atoms with Crippen LogP contribution >= 0.6 is 43.5 Å². The summed E-state index contributed by atoms with van der Waals surface area (Å²) in [6.45, 7) is 0. The SMILES string of the molecule is NC(=O)C(Br)C(Br)c1ccccc1Cl. The van der Waals surface area contributed by atoms with Gasteiger partial charge in [0.25, 0.3) is 0 Å². The number of nitrogens with two attached hydrogens (primary N) is 1. The van der Waals surface area contributed by atoms with Crippen LogP contribution < -0.4 is 5.73 Å². The van der Waals surface area contributed by atoms with E-state index in [1.165, 1.54) is 0 Å². The number of carbonyl (C=O) groups excluding carboxylic acids is 1. The lowest BCUT2D eigenvalue weighted by molar-refractivity contribution is -0.117. The summed E-state index contributed by atoms with van der Waals surface area (Å²) in [6.07, 6.45) is 0.